The van der Waals surface area contributed by atoms with Crippen molar-refractivity contribution in [3.63, 3.8) is 0 Å². The number of likely N-dealkylation sites (tertiary alicyclic amines) is 1. The average molecular weight is 414 g/mol. The standard InChI is InChI=1S/C23H22N6O2/c30-22(19-7-6-16-14-24-26-21(16)25-19)28-11-9-23(10-12-28)20-17(8-13-31-23)15-29(27-20)18-4-2-1-3-5-18/h1-7,14-15H,8-13H2,(H,24,25,26). The van der Waals surface area contributed by atoms with Gasteiger partial charge in [-0.05, 0) is 49.1 Å². The number of benzene rings is 1. The monoisotopic (exact) mass is 414 g/mol. The highest BCUT2D eigenvalue weighted by Gasteiger charge is 2.44. The van der Waals surface area contributed by atoms with Crippen LogP contribution >= 0.6 is 0 Å². The number of hydrogen-bond acceptors (Lipinski definition) is 5. The van der Waals surface area contributed by atoms with Crippen molar-refractivity contribution in [2.75, 3.05) is 19.7 Å². The lowest BCUT2D eigenvalue weighted by molar-refractivity contribution is -0.0963. The molecule has 0 saturated carbocycles. The highest BCUT2D eigenvalue weighted by molar-refractivity contribution is 5.94. The first-order valence-electron chi connectivity index (χ1n) is 10.6. The SMILES string of the molecule is O=C(c1ccc2cn[nH]c2n1)N1CCC2(CC1)OCCc1cn(-c3ccccc3)nc12. The lowest BCUT2D eigenvalue weighted by Crippen LogP contribution is -2.48. The van der Waals surface area contributed by atoms with Crippen LogP contribution in [0.4, 0.5) is 0 Å². The molecule has 0 bridgehead atoms. The van der Waals surface area contributed by atoms with Crippen molar-refractivity contribution in [2.24, 2.45) is 0 Å². The van der Waals surface area contributed by atoms with E-state index >= 15 is 0 Å². The van der Waals surface area contributed by atoms with E-state index in [0.29, 0.717) is 31.0 Å². The molecule has 2 aliphatic heterocycles. The maximum absolute atomic E-state index is 13.0. The second-order valence-corrected chi connectivity index (χ2v) is 8.17. The molecule has 5 heterocycles. The minimum Gasteiger partial charge on any atom is -0.368 e. The second-order valence-electron chi connectivity index (χ2n) is 8.17. The Morgan fingerprint density at radius 1 is 1.10 bits per heavy atom. The lowest BCUT2D eigenvalue weighted by atomic mass is 9.83. The van der Waals surface area contributed by atoms with Crippen LogP contribution in [0.25, 0.3) is 16.7 Å². The van der Waals surface area contributed by atoms with Crippen molar-refractivity contribution in [1.82, 2.24) is 29.9 Å². The number of ether oxygens (including phenoxy) is 1. The van der Waals surface area contributed by atoms with E-state index in [1.807, 2.05) is 33.8 Å². The molecular weight excluding hydrogens is 392 g/mol. The highest BCUT2D eigenvalue weighted by atomic mass is 16.5. The number of carbonyl (C=O) groups is 1. The number of fused-ring (bicyclic) bond motifs is 3. The minimum absolute atomic E-state index is 0.0582. The van der Waals surface area contributed by atoms with Gasteiger partial charge in [0.15, 0.2) is 5.65 Å². The molecule has 0 radical (unpaired) electrons. The zero-order valence-corrected chi connectivity index (χ0v) is 17.0. The van der Waals surface area contributed by atoms with Gasteiger partial charge in [-0.3, -0.25) is 9.89 Å². The van der Waals surface area contributed by atoms with E-state index in [1.54, 1.807) is 12.3 Å². The largest absolute Gasteiger partial charge is 0.368 e. The highest BCUT2D eigenvalue weighted by Crippen LogP contribution is 2.41. The Bertz CT molecular complexity index is 1250. The van der Waals surface area contributed by atoms with Crippen LogP contribution in [-0.2, 0) is 16.8 Å². The Balaban J connectivity index is 1.24. The molecule has 2 aliphatic rings. The van der Waals surface area contributed by atoms with E-state index in [0.717, 1.165) is 36.0 Å². The summed E-state index contributed by atoms with van der Waals surface area (Å²) in [5.41, 5.74) is 3.94. The summed E-state index contributed by atoms with van der Waals surface area (Å²) in [4.78, 5) is 19.3. The molecule has 1 fully saturated rings. The Kier molecular flexibility index (Phi) is 4.14. The first kappa shape index (κ1) is 18.3. The molecule has 0 aliphatic carbocycles. The first-order valence-corrected chi connectivity index (χ1v) is 10.6. The molecule has 1 aromatic carbocycles. The van der Waals surface area contributed by atoms with Crippen molar-refractivity contribution in [2.45, 2.75) is 24.9 Å². The van der Waals surface area contributed by atoms with Gasteiger partial charge in [-0.25, -0.2) is 9.67 Å². The third kappa shape index (κ3) is 3.02. The van der Waals surface area contributed by atoms with Crippen LogP contribution in [-0.4, -0.2) is 55.5 Å². The van der Waals surface area contributed by atoms with Crippen molar-refractivity contribution >= 4 is 16.9 Å². The van der Waals surface area contributed by atoms with Gasteiger partial charge in [-0.2, -0.15) is 10.2 Å². The van der Waals surface area contributed by atoms with E-state index < -0.39 is 5.60 Å². The van der Waals surface area contributed by atoms with Gasteiger partial charge in [0, 0.05) is 24.7 Å². The molecule has 8 nitrogen and oxygen atoms in total. The predicted molar refractivity (Wildman–Crippen MR) is 114 cm³/mol. The average Bonchev–Trinajstić information content (AvgIpc) is 3.47. The molecule has 0 unspecified atom stereocenters. The molecule has 6 rings (SSSR count). The maximum Gasteiger partial charge on any atom is 0.272 e. The third-order valence-electron chi connectivity index (χ3n) is 6.37. The zero-order valence-electron chi connectivity index (χ0n) is 17.0. The predicted octanol–water partition coefficient (Wildman–Crippen LogP) is 2.85. The Hall–Kier alpha value is -3.52. The van der Waals surface area contributed by atoms with Gasteiger partial charge in [0.25, 0.3) is 5.91 Å². The Morgan fingerprint density at radius 3 is 2.77 bits per heavy atom. The Labute approximate surface area is 178 Å². The number of pyridine rings is 1. The number of H-pyrrole nitrogens is 1. The van der Waals surface area contributed by atoms with Crippen LogP contribution in [0.5, 0.6) is 0 Å². The van der Waals surface area contributed by atoms with Gasteiger partial charge in [-0.15, -0.1) is 0 Å². The number of amides is 1. The van der Waals surface area contributed by atoms with E-state index in [4.69, 9.17) is 9.84 Å². The van der Waals surface area contributed by atoms with Crippen LogP contribution in [0.3, 0.4) is 0 Å². The summed E-state index contributed by atoms with van der Waals surface area (Å²) in [5, 5.41) is 12.6. The number of piperidine rings is 1. The molecule has 8 heteroatoms. The number of para-hydroxylation sites is 1. The number of aromatic amines is 1. The molecule has 31 heavy (non-hydrogen) atoms. The molecular formula is C23H22N6O2. The summed E-state index contributed by atoms with van der Waals surface area (Å²) < 4.78 is 8.27. The van der Waals surface area contributed by atoms with Crippen LogP contribution in [0.15, 0.2) is 54.9 Å². The van der Waals surface area contributed by atoms with Crippen LogP contribution in [0.2, 0.25) is 0 Å². The summed E-state index contributed by atoms with van der Waals surface area (Å²) in [6, 6.07) is 13.8. The number of aromatic nitrogens is 5. The van der Waals surface area contributed by atoms with Crippen molar-refractivity contribution in [3.05, 3.63) is 71.8 Å². The first-order chi connectivity index (χ1) is 15.2. The van der Waals surface area contributed by atoms with E-state index in [1.165, 1.54) is 5.56 Å². The van der Waals surface area contributed by atoms with E-state index in [-0.39, 0.29) is 5.91 Å². The lowest BCUT2D eigenvalue weighted by Gasteiger charge is -2.42. The smallest absolute Gasteiger partial charge is 0.272 e. The molecule has 1 spiro atoms. The number of nitrogens with zero attached hydrogens (tertiary/aromatic N) is 5. The van der Waals surface area contributed by atoms with Gasteiger partial charge >= 0.3 is 0 Å². The number of rotatable bonds is 2. The summed E-state index contributed by atoms with van der Waals surface area (Å²) in [5.74, 6) is -0.0582. The normalized spacial score (nSPS) is 17.7. The quantitative estimate of drug-likeness (QED) is 0.545. The fraction of sp³-hybridized carbons (Fsp3) is 0.304. The fourth-order valence-electron chi connectivity index (χ4n) is 4.67. The number of nitrogens with one attached hydrogen (secondary N) is 1. The summed E-state index contributed by atoms with van der Waals surface area (Å²) in [7, 11) is 0. The molecule has 1 saturated heterocycles. The summed E-state index contributed by atoms with van der Waals surface area (Å²) in [6.07, 6.45) is 6.14. The second kappa shape index (κ2) is 7.02. The van der Waals surface area contributed by atoms with Gasteiger partial charge in [-0.1, -0.05) is 18.2 Å². The van der Waals surface area contributed by atoms with E-state index in [9.17, 15) is 4.79 Å². The Morgan fingerprint density at radius 2 is 1.94 bits per heavy atom. The number of carbonyl (C=O) groups excluding carboxylic acids is 1. The topological polar surface area (TPSA) is 88.9 Å². The molecule has 1 amide bonds. The number of hydrogen-bond donors (Lipinski definition) is 1. The maximum atomic E-state index is 13.0. The zero-order chi connectivity index (χ0) is 20.8. The molecule has 156 valence electrons. The molecule has 3 aromatic heterocycles. The molecule has 4 aromatic rings. The van der Waals surface area contributed by atoms with Gasteiger partial charge in [0.05, 0.1) is 24.2 Å². The van der Waals surface area contributed by atoms with Crippen LogP contribution in [0.1, 0.15) is 34.6 Å². The van der Waals surface area contributed by atoms with Crippen LogP contribution in [0, 0.1) is 0 Å². The van der Waals surface area contributed by atoms with Crippen molar-refractivity contribution in [3.8, 4) is 5.69 Å². The fourth-order valence-corrected chi connectivity index (χ4v) is 4.67. The van der Waals surface area contributed by atoms with Gasteiger partial charge in [0.2, 0.25) is 0 Å². The van der Waals surface area contributed by atoms with Crippen molar-refractivity contribution < 1.29 is 9.53 Å². The molecule has 1 N–H and O–H groups in total. The minimum atomic E-state index is -0.425. The third-order valence-corrected chi connectivity index (χ3v) is 6.37. The van der Waals surface area contributed by atoms with Crippen molar-refractivity contribution in [1.29, 1.82) is 0 Å². The van der Waals surface area contributed by atoms with E-state index in [2.05, 4.69) is 33.5 Å². The summed E-state index contributed by atoms with van der Waals surface area (Å²) >= 11 is 0. The molecule has 0 atom stereocenters. The van der Waals surface area contributed by atoms with Gasteiger partial charge in [0.1, 0.15) is 11.3 Å². The van der Waals surface area contributed by atoms with Gasteiger partial charge < -0.3 is 9.64 Å². The van der Waals surface area contributed by atoms with Crippen LogP contribution < -0.4 is 0 Å². The summed E-state index contributed by atoms with van der Waals surface area (Å²) in [6.45, 7) is 1.90.